The Morgan fingerprint density at radius 1 is 1.17 bits per heavy atom. The quantitative estimate of drug-likeness (QED) is 0.684. The second-order valence-corrected chi connectivity index (χ2v) is 11.3. The maximum atomic E-state index is 5.96. The van der Waals surface area contributed by atoms with Crippen LogP contribution in [0, 0.1) is 0 Å². The molecule has 2 atom stereocenters. The second kappa shape index (κ2) is 8.66. The van der Waals surface area contributed by atoms with Crippen molar-refractivity contribution in [1.82, 2.24) is 4.90 Å². The summed E-state index contributed by atoms with van der Waals surface area (Å²) in [7, 11) is -0.127. The van der Waals surface area contributed by atoms with Crippen molar-refractivity contribution >= 4 is 21.1 Å². The van der Waals surface area contributed by atoms with Crippen molar-refractivity contribution in [2.45, 2.75) is 63.8 Å². The van der Waals surface area contributed by atoms with Gasteiger partial charge in [-0.15, -0.1) is 0 Å². The minimum atomic E-state index is -0.127. The van der Waals surface area contributed by atoms with Crippen LogP contribution in [0.1, 0.15) is 46.1 Å². The average Bonchev–Trinajstić information content (AvgIpc) is 2.45. The summed E-state index contributed by atoms with van der Waals surface area (Å²) in [6, 6.07) is 9.66. The SMILES string of the molecule is CC1CN(CCCC(C)(C)[SiH2]Cc2ccc(Cl)cc2)CC(C)O1. The molecule has 2 unspecified atom stereocenters. The Labute approximate surface area is 149 Å². The Bertz CT molecular complexity index is 467. The summed E-state index contributed by atoms with van der Waals surface area (Å²) in [4.78, 5) is 2.58. The maximum absolute atomic E-state index is 5.96. The van der Waals surface area contributed by atoms with E-state index in [0.29, 0.717) is 17.2 Å². The molecular formula is C19H32ClNOSi. The van der Waals surface area contributed by atoms with Gasteiger partial charge < -0.3 is 4.74 Å². The smallest absolute Gasteiger partial charge is 0.0678 e. The molecule has 23 heavy (non-hydrogen) atoms. The summed E-state index contributed by atoms with van der Waals surface area (Å²) in [6.45, 7) is 12.7. The van der Waals surface area contributed by atoms with Gasteiger partial charge in [-0.1, -0.05) is 43.1 Å². The molecule has 0 radical (unpaired) electrons. The predicted octanol–water partition coefficient (Wildman–Crippen LogP) is 4.10. The second-order valence-electron chi connectivity index (χ2n) is 7.91. The van der Waals surface area contributed by atoms with Crippen molar-refractivity contribution in [3.8, 4) is 0 Å². The Hall–Kier alpha value is -0.353. The molecule has 0 N–H and O–H groups in total. The first-order valence-corrected chi connectivity index (χ1v) is 11.0. The fourth-order valence-electron chi connectivity index (χ4n) is 3.51. The number of rotatable bonds is 7. The van der Waals surface area contributed by atoms with Crippen molar-refractivity contribution in [1.29, 1.82) is 0 Å². The van der Waals surface area contributed by atoms with Crippen molar-refractivity contribution in [2.75, 3.05) is 19.6 Å². The Morgan fingerprint density at radius 3 is 2.39 bits per heavy atom. The zero-order chi connectivity index (χ0) is 16.9. The lowest BCUT2D eigenvalue weighted by molar-refractivity contribution is -0.0682. The van der Waals surface area contributed by atoms with E-state index in [9.17, 15) is 0 Å². The van der Waals surface area contributed by atoms with Gasteiger partial charge in [0.1, 0.15) is 0 Å². The topological polar surface area (TPSA) is 12.5 Å². The first kappa shape index (κ1) is 19.0. The van der Waals surface area contributed by atoms with Gasteiger partial charge in [-0.25, -0.2) is 0 Å². The van der Waals surface area contributed by atoms with Gasteiger partial charge in [-0.2, -0.15) is 0 Å². The fraction of sp³-hybridized carbons (Fsp3) is 0.684. The summed E-state index contributed by atoms with van der Waals surface area (Å²) in [6.07, 6.45) is 3.41. The molecule has 1 heterocycles. The first-order valence-electron chi connectivity index (χ1n) is 8.96. The molecule has 0 saturated carbocycles. The highest BCUT2D eigenvalue weighted by molar-refractivity contribution is 6.39. The number of halogens is 1. The summed E-state index contributed by atoms with van der Waals surface area (Å²) in [5, 5.41) is 1.37. The maximum Gasteiger partial charge on any atom is 0.0678 e. The zero-order valence-electron chi connectivity index (χ0n) is 15.1. The van der Waals surface area contributed by atoms with Crippen LogP contribution < -0.4 is 0 Å². The highest BCUT2D eigenvalue weighted by Crippen LogP contribution is 2.30. The monoisotopic (exact) mass is 353 g/mol. The molecule has 0 spiro atoms. The van der Waals surface area contributed by atoms with E-state index in [1.807, 2.05) is 12.1 Å². The highest BCUT2D eigenvalue weighted by atomic mass is 35.5. The fourth-order valence-corrected chi connectivity index (χ4v) is 5.43. The molecule has 4 heteroatoms. The Kier molecular flexibility index (Phi) is 7.14. The number of morpholine rings is 1. The number of hydrogen-bond donors (Lipinski definition) is 0. The van der Waals surface area contributed by atoms with Crippen LogP contribution in [-0.2, 0) is 10.8 Å². The van der Waals surface area contributed by atoms with Crippen LogP contribution in [-0.4, -0.2) is 46.3 Å². The van der Waals surface area contributed by atoms with Crippen LogP contribution in [0.25, 0.3) is 0 Å². The van der Waals surface area contributed by atoms with Gasteiger partial charge in [-0.05, 0) is 56.4 Å². The minimum Gasteiger partial charge on any atom is -0.373 e. The Balaban J connectivity index is 1.70. The molecule has 1 saturated heterocycles. The molecule has 1 fully saturated rings. The molecule has 2 rings (SSSR count). The van der Waals surface area contributed by atoms with Crippen molar-refractivity contribution in [3.63, 3.8) is 0 Å². The van der Waals surface area contributed by atoms with E-state index in [1.165, 1.54) is 31.0 Å². The standard InChI is InChI=1S/C19H32ClNOSi/c1-15-12-21(13-16(2)22-15)11-5-10-19(3,4)23-14-17-6-8-18(20)9-7-17/h6-9,15-16H,5,10-14,23H2,1-4H3. The van der Waals surface area contributed by atoms with E-state index in [1.54, 1.807) is 0 Å². The molecule has 1 aromatic carbocycles. The minimum absolute atomic E-state index is 0.127. The number of ether oxygens (including phenoxy) is 1. The lowest BCUT2D eigenvalue weighted by Gasteiger charge is -2.36. The molecule has 0 aliphatic carbocycles. The van der Waals surface area contributed by atoms with Crippen LogP contribution in [0.15, 0.2) is 24.3 Å². The van der Waals surface area contributed by atoms with E-state index in [2.05, 4.69) is 44.7 Å². The van der Waals surface area contributed by atoms with Gasteiger partial charge in [0.05, 0.1) is 12.2 Å². The van der Waals surface area contributed by atoms with Gasteiger partial charge in [-0.3, -0.25) is 4.90 Å². The van der Waals surface area contributed by atoms with Crippen LogP contribution in [0.3, 0.4) is 0 Å². The Morgan fingerprint density at radius 2 is 1.78 bits per heavy atom. The normalized spacial score (nSPS) is 23.7. The van der Waals surface area contributed by atoms with E-state index in [-0.39, 0.29) is 9.52 Å². The third-order valence-corrected chi connectivity index (χ3v) is 7.61. The van der Waals surface area contributed by atoms with Gasteiger partial charge in [0.25, 0.3) is 0 Å². The lowest BCUT2D eigenvalue weighted by Crippen LogP contribution is -2.45. The van der Waals surface area contributed by atoms with Crippen molar-refractivity contribution in [2.24, 2.45) is 0 Å². The molecular weight excluding hydrogens is 322 g/mol. The molecule has 1 aliphatic heterocycles. The number of hydrogen-bond acceptors (Lipinski definition) is 2. The number of benzene rings is 1. The summed E-state index contributed by atoms with van der Waals surface area (Å²) < 4.78 is 5.82. The first-order chi connectivity index (χ1) is 10.8. The largest absolute Gasteiger partial charge is 0.373 e. The zero-order valence-corrected chi connectivity index (χ0v) is 17.3. The van der Waals surface area contributed by atoms with Gasteiger partial charge in [0, 0.05) is 27.6 Å². The van der Waals surface area contributed by atoms with E-state index in [0.717, 1.165) is 18.1 Å². The molecule has 130 valence electrons. The van der Waals surface area contributed by atoms with Gasteiger partial charge >= 0.3 is 0 Å². The number of nitrogens with zero attached hydrogens (tertiary/aromatic N) is 1. The molecule has 0 aromatic heterocycles. The van der Waals surface area contributed by atoms with Gasteiger partial charge in [0.2, 0.25) is 0 Å². The van der Waals surface area contributed by atoms with Crippen LogP contribution in [0.4, 0.5) is 0 Å². The summed E-state index contributed by atoms with van der Waals surface area (Å²) in [5.74, 6) is 0. The lowest BCUT2D eigenvalue weighted by atomic mass is 10.1. The van der Waals surface area contributed by atoms with Crippen molar-refractivity contribution < 1.29 is 4.74 Å². The summed E-state index contributed by atoms with van der Waals surface area (Å²) >= 11 is 5.96. The van der Waals surface area contributed by atoms with E-state index >= 15 is 0 Å². The van der Waals surface area contributed by atoms with E-state index in [4.69, 9.17) is 16.3 Å². The van der Waals surface area contributed by atoms with E-state index < -0.39 is 0 Å². The third-order valence-electron chi connectivity index (χ3n) is 4.83. The van der Waals surface area contributed by atoms with Gasteiger partial charge in [0.15, 0.2) is 0 Å². The predicted molar refractivity (Wildman–Crippen MR) is 103 cm³/mol. The third kappa shape index (κ3) is 6.96. The van der Waals surface area contributed by atoms with Crippen molar-refractivity contribution in [3.05, 3.63) is 34.9 Å². The molecule has 0 amide bonds. The molecule has 2 nitrogen and oxygen atoms in total. The molecule has 1 aromatic rings. The van der Waals surface area contributed by atoms with Crippen LogP contribution in [0.5, 0.6) is 0 Å². The average molecular weight is 354 g/mol. The summed E-state index contributed by atoms with van der Waals surface area (Å²) in [5.41, 5.74) is 1.45. The molecule has 0 bridgehead atoms. The van der Waals surface area contributed by atoms with Crippen LogP contribution in [0.2, 0.25) is 10.1 Å². The molecule has 1 aliphatic rings. The highest BCUT2D eigenvalue weighted by Gasteiger charge is 2.23. The van der Waals surface area contributed by atoms with Crippen LogP contribution >= 0.6 is 11.6 Å².